The van der Waals surface area contributed by atoms with Gasteiger partial charge < -0.3 is 15.3 Å². The Balaban J connectivity index is 1.94. The molecule has 2 aliphatic rings. The monoisotopic (exact) mass is 282 g/mol. The van der Waals surface area contributed by atoms with Crippen LogP contribution >= 0.6 is 15.9 Å². The van der Waals surface area contributed by atoms with Crippen LogP contribution in [-0.2, 0) is 0 Å². The highest BCUT2D eigenvalue weighted by Gasteiger charge is 2.31. The summed E-state index contributed by atoms with van der Waals surface area (Å²) < 4.78 is 1.11. The Labute approximate surface area is 104 Å². The molecule has 0 amide bonds. The van der Waals surface area contributed by atoms with Gasteiger partial charge in [-0.3, -0.25) is 0 Å². The number of nitrogens with zero attached hydrogens (tertiary/aromatic N) is 1. The molecule has 0 radical (unpaired) electrons. The molecule has 2 atom stereocenters. The number of hydrogen-bond acceptors (Lipinski definition) is 3. The number of benzene rings is 1. The second-order valence-electron chi connectivity index (χ2n) is 4.57. The van der Waals surface area contributed by atoms with Crippen molar-refractivity contribution in [2.45, 2.75) is 25.0 Å². The number of halogens is 1. The number of nitrogens with one attached hydrogen (secondary N) is 1. The number of aliphatic hydroxyl groups is 1. The molecule has 0 saturated carbocycles. The Morgan fingerprint density at radius 3 is 3.19 bits per heavy atom. The van der Waals surface area contributed by atoms with Gasteiger partial charge in [-0.25, -0.2) is 0 Å². The van der Waals surface area contributed by atoms with E-state index in [2.05, 4.69) is 44.3 Å². The van der Waals surface area contributed by atoms with E-state index in [9.17, 15) is 5.11 Å². The molecular formula is C12H15BrN2O. The summed E-state index contributed by atoms with van der Waals surface area (Å²) in [7, 11) is 0. The Kier molecular flexibility index (Phi) is 2.56. The van der Waals surface area contributed by atoms with E-state index in [0.717, 1.165) is 30.4 Å². The largest absolute Gasteiger partial charge is 0.393 e. The van der Waals surface area contributed by atoms with Gasteiger partial charge in [-0.05, 0) is 31.0 Å². The summed E-state index contributed by atoms with van der Waals surface area (Å²) in [5.74, 6) is 0. The smallest absolute Gasteiger partial charge is 0.0605 e. The standard InChI is InChI=1S/C12H15BrN2O/c13-8-1-2-12-11(5-8)14-7-9-6-10(16)3-4-15(9)12/h1-2,5,9-10,14,16H,3-4,6-7H2/t9-,10?/m0/s1. The first-order valence-corrected chi connectivity index (χ1v) is 6.51. The normalized spacial score (nSPS) is 28.0. The molecule has 1 saturated heterocycles. The van der Waals surface area contributed by atoms with E-state index in [-0.39, 0.29) is 6.10 Å². The lowest BCUT2D eigenvalue weighted by Gasteiger charge is -2.44. The Hall–Kier alpha value is -0.740. The molecule has 3 nitrogen and oxygen atoms in total. The van der Waals surface area contributed by atoms with Gasteiger partial charge in [0.1, 0.15) is 0 Å². The van der Waals surface area contributed by atoms with Crippen molar-refractivity contribution in [2.24, 2.45) is 0 Å². The SMILES string of the molecule is OC1CCN2c3ccc(Br)cc3NC[C@@H]2C1. The molecule has 1 aromatic rings. The van der Waals surface area contributed by atoms with Crippen LogP contribution in [0.2, 0.25) is 0 Å². The molecule has 2 heterocycles. The van der Waals surface area contributed by atoms with Crippen molar-refractivity contribution in [2.75, 3.05) is 23.3 Å². The molecule has 0 bridgehead atoms. The molecule has 16 heavy (non-hydrogen) atoms. The molecule has 86 valence electrons. The maximum Gasteiger partial charge on any atom is 0.0605 e. The minimum atomic E-state index is -0.125. The fraction of sp³-hybridized carbons (Fsp3) is 0.500. The van der Waals surface area contributed by atoms with Gasteiger partial charge in [0, 0.05) is 23.6 Å². The van der Waals surface area contributed by atoms with E-state index in [0.29, 0.717) is 6.04 Å². The van der Waals surface area contributed by atoms with Crippen molar-refractivity contribution in [3.8, 4) is 0 Å². The molecule has 1 unspecified atom stereocenters. The zero-order valence-electron chi connectivity index (χ0n) is 8.99. The highest BCUT2D eigenvalue weighted by Crippen LogP contribution is 2.36. The Bertz CT molecular complexity index is 410. The zero-order chi connectivity index (χ0) is 11.1. The van der Waals surface area contributed by atoms with Crippen molar-refractivity contribution in [1.82, 2.24) is 0 Å². The Morgan fingerprint density at radius 2 is 2.31 bits per heavy atom. The fourth-order valence-electron chi connectivity index (χ4n) is 2.67. The van der Waals surface area contributed by atoms with Crippen LogP contribution in [0.4, 0.5) is 11.4 Å². The third kappa shape index (κ3) is 1.70. The molecule has 2 N–H and O–H groups in total. The van der Waals surface area contributed by atoms with Gasteiger partial charge in [-0.2, -0.15) is 0 Å². The van der Waals surface area contributed by atoms with E-state index < -0.39 is 0 Å². The number of aliphatic hydroxyl groups excluding tert-OH is 1. The number of rotatable bonds is 0. The first kappa shape index (κ1) is 10.4. The minimum Gasteiger partial charge on any atom is -0.393 e. The molecule has 3 rings (SSSR count). The Morgan fingerprint density at radius 1 is 1.44 bits per heavy atom. The summed E-state index contributed by atoms with van der Waals surface area (Å²) in [6.45, 7) is 1.89. The summed E-state index contributed by atoms with van der Waals surface area (Å²) in [6.07, 6.45) is 1.63. The van der Waals surface area contributed by atoms with Crippen LogP contribution in [0.5, 0.6) is 0 Å². The highest BCUT2D eigenvalue weighted by molar-refractivity contribution is 9.10. The summed E-state index contributed by atoms with van der Waals surface area (Å²) in [5.41, 5.74) is 2.47. The van der Waals surface area contributed by atoms with Gasteiger partial charge in [-0.1, -0.05) is 15.9 Å². The third-order valence-corrected chi connectivity index (χ3v) is 3.98. The summed E-state index contributed by atoms with van der Waals surface area (Å²) in [4.78, 5) is 2.42. The van der Waals surface area contributed by atoms with Crippen LogP contribution in [0, 0.1) is 0 Å². The average Bonchev–Trinajstić information content (AvgIpc) is 2.28. The lowest BCUT2D eigenvalue weighted by Crippen LogP contribution is -2.50. The van der Waals surface area contributed by atoms with Gasteiger partial charge in [0.15, 0.2) is 0 Å². The molecule has 0 aliphatic carbocycles. The van der Waals surface area contributed by atoms with Crippen molar-refractivity contribution in [3.63, 3.8) is 0 Å². The molecule has 0 spiro atoms. The van der Waals surface area contributed by atoms with Crippen LogP contribution in [0.25, 0.3) is 0 Å². The van der Waals surface area contributed by atoms with Crippen LogP contribution in [0.3, 0.4) is 0 Å². The number of hydrogen-bond donors (Lipinski definition) is 2. The van der Waals surface area contributed by atoms with E-state index >= 15 is 0 Å². The minimum absolute atomic E-state index is 0.125. The fourth-order valence-corrected chi connectivity index (χ4v) is 3.03. The highest BCUT2D eigenvalue weighted by atomic mass is 79.9. The van der Waals surface area contributed by atoms with Crippen LogP contribution in [-0.4, -0.2) is 30.3 Å². The molecule has 0 aromatic heterocycles. The van der Waals surface area contributed by atoms with Gasteiger partial charge in [0.25, 0.3) is 0 Å². The van der Waals surface area contributed by atoms with Crippen molar-refractivity contribution >= 4 is 27.3 Å². The second kappa shape index (κ2) is 3.93. The van der Waals surface area contributed by atoms with Crippen LogP contribution < -0.4 is 10.2 Å². The lowest BCUT2D eigenvalue weighted by molar-refractivity contribution is 0.129. The van der Waals surface area contributed by atoms with E-state index in [1.165, 1.54) is 11.4 Å². The number of piperidine rings is 1. The van der Waals surface area contributed by atoms with E-state index in [1.807, 2.05) is 0 Å². The van der Waals surface area contributed by atoms with Gasteiger partial charge >= 0.3 is 0 Å². The van der Waals surface area contributed by atoms with Crippen molar-refractivity contribution in [1.29, 1.82) is 0 Å². The summed E-state index contributed by atoms with van der Waals surface area (Å²) in [6, 6.07) is 6.79. The molecule has 4 heteroatoms. The van der Waals surface area contributed by atoms with Crippen LogP contribution in [0.1, 0.15) is 12.8 Å². The number of fused-ring (bicyclic) bond motifs is 3. The number of anilines is 2. The summed E-state index contributed by atoms with van der Waals surface area (Å²) >= 11 is 3.49. The maximum atomic E-state index is 9.68. The lowest BCUT2D eigenvalue weighted by atomic mass is 9.96. The second-order valence-corrected chi connectivity index (χ2v) is 5.48. The quantitative estimate of drug-likeness (QED) is 0.766. The van der Waals surface area contributed by atoms with Gasteiger partial charge in [-0.15, -0.1) is 0 Å². The predicted octanol–water partition coefficient (Wildman–Crippen LogP) is 2.20. The molecule has 2 aliphatic heterocycles. The average molecular weight is 283 g/mol. The van der Waals surface area contributed by atoms with Crippen molar-refractivity contribution < 1.29 is 5.11 Å². The van der Waals surface area contributed by atoms with Gasteiger partial charge in [0.05, 0.1) is 17.5 Å². The molecule has 1 fully saturated rings. The van der Waals surface area contributed by atoms with Crippen LogP contribution in [0.15, 0.2) is 22.7 Å². The van der Waals surface area contributed by atoms with Gasteiger partial charge in [0.2, 0.25) is 0 Å². The molecular weight excluding hydrogens is 268 g/mol. The van der Waals surface area contributed by atoms with E-state index in [1.54, 1.807) is 0 Å². The molecule has 1 aromatic carbocycles. The van der Waals surface area contributed by atoms with E-state index in [4.69, 9.17) is 0 Å². The zero-order valence-corrected chi connectivity index (χ0v) is 10.6. The maximum absolute atomic E-state index is 9.68. The topological polar surface area (TPSA) is 35.5 Å². The third-order valence-electron chi connectivity index (χ3n) is 3.48. The summed E-state index contributed by atoms with van der Waals surface area (Å²) in [5, 5.41) is 13.1. The predicted molar refractivity (Wildman–Crippen MR) is 69.0 cm³/mol. The van der Waals surface area contributed by atoms with Crippen molar-refractivity contribution in [3.05, 3.63) is 22.7 Å². The first-order valence-electron chi connectivity index (χ1n) is 5.72. The first-order chi connectivity index (χ1) is 7.74.